The molecular formula is C25H22Cl2N2O2. The predicted octanol–water partition coefficient (Wildman–Crippen LogP) is 6.52. The zero-order valence-corrected chi connectivity index (χ0v) is 18.6. The molecule has 1 N–H and O–H groups in total. The van der Waals surface area contributed by atoms with Crippen LogP contribution in [-0.4, -0.2) is 16.7 Å². The highest BCUT2D eigenvalue weighted by atomic mass is 35.5. The third-order valence-electron chi connectivity index (χ3n) is 6.55. The fourth-order valence-corrected chi connectivity index (χ4v) is 5.22. The third kappa shape index (κ3) is 2.89. The second-order valence-corrected chi connectivity index (χ2v) is 9.21. The molecule has 6 heteroatoms. The van der Waals surface area contributed by atoms with Gasteiger partial charge < -0.3 is 5.11 Å². The summed E-state index contributed by atoms with van der Waals surface area (Å²) in [5, 5.41) is 13.7. The molecule has 158 valence electrons. The highest BCUT2D eigenvalue weighted by Crippen LogP contribution is 2.59. The van der Waals surface area contributed by atoms with Crippen molar-refractivity contribution < 1.29 is 9.90 Å². The van der Waals surface area contributed by atoms with E-state index in [-0.39, 0.29) is 6.03 Å². The van der Waals surface area contributed by atoms with E-state index in [1.54, 1.807) is 41.3 Å². The molecule has 31 heavy (non-hydrogen) atoms. The van der Waals surface area contributed by atoms with Crippen LogP contribution < -0.4 is 9.80 Å². The Morgan fingerprint density at radius 1 is 0.839 bits per heavy atom. The van der Waals surface area contributed by atoms with E-state index < -0.39 is 11.3 Å². The molecule has 0 radical (unpaired) electrons. The Bertz CT molecular complexity index is 1140. The highest BCUT2D eigenvalue weighted by molar-refractivity contribution is 6.31. The van der Waals surface area contributed by atoms with Gasteiger partial charge in [0.15, 0.2) is 5.72 Å². The zero-order valence-electron chi connectivity index (χ0n) is 17.1. The van der Waals surface area contributed by atoms with Crippen molar-refractivity contribution in [3.63, 3.8) is 0 Å². The molecule has 1 saturated heterocycles. The van der Waals surface area contributed by atoms with Crippen LogP contribution in [0.25, 0.3) is 0 Å². The summed E-state index contributed by atoms with van der Waals surface area (Å²) in [6, 6.07) is 21.7. The van der Waals surface area contributed by atoms with Gasteiger partial charge in [0.25, 0.3) is 0 Å². The number of hydrogen-bond donors (Lipinski definition) is 1. The normalized spacial score (nSPS) is 22.1. The van der Waals surface area contributed by atoms with Gasteiger partial charge in [-0.15, -0.1) is 0 Å². The minimum Gasteiger partial charge on any atom is -0.364 e. The number of hydrogen-bond acceptors (Lipinski definition) is 2. The van der Waals surface area contributed by atoms with Crippen LogP contribution in [0.4, 0.5) is 16.2 Å². The largest absolute Gasteiger partial charge is 0.364 e. The molecule has 1 unspecified atom stereocenters. The predicted molar refractivity (Wildman–Crippen MR) is 125 cm³/mol. The Morgan fingerprint density at radius 2 is 1.39 bits per heavy atom. The lowest BCUT2D eigenvalue weighted by atomic mass is 9.66. The Labute approximate surface area is 191 Å². The maximum atomic E-state index is 14.0. The number of carbonyl (C=O) groups excluding carboxylic acids is 1. The molecule has 1 aliphatic heterocycles. The minimum atomic E-state index is -1.54. The third-order valence-corrected chi connectivity index (χ3v) is 7.06. The highest BCUT2D eigenvalue weighted by Gasteiger charge is 2.70. The lowest BCUT2D eigenvalue weighted by Crippen LogP contribution is -2.63. The van der Waals surface area contributed by atoms with Crippen LogP contribution in [-0.2, 0) is 5.72 Å². The number of anilines is 2. The van der Waals surface area contributed by atoms with E-state index >= 15 is 0 Å². The molecule has 0 bridgehead atoms. The van der Waals surface area contributed by atoms with Gasteiger partial charge in [-0.2, -0.15) is 0 Å². The van der Waals surface area contributed by atoms with E-state index in [4.69, 9.17) is 23.2 Å². The number of benzene rings is 3. The van der Waals surface area contributed by atoms with Gasteiger partial charge in [0.05, 0.1) is 0 Å². The summed E-state index contributed by atoms with van der Waals surface area (Å²) in [6.07, 6.45) is 2.31. The fraction of sp³-hybridized carbons (Fsp3) is 0.240. The van der Waals surface area contributed by atoms with Gasteiger partial charge in [0.2, 0.25) is 0 Å². The van der Waals surface area contributed by atoms with E-state index in [0.717, 1.165) is 17.7 Å². The van der Waals surface area contributed by atoms with Crippen molar-refractivity contribution in [2.45, 2.75) is 37.5 Å². The second kappa shape index (κ2) is 7.27. The molecule has 0 aromatic heterocycles. The van der Waals surface area contributed by atoms with Gasteiger partial charge in [0, 0.05) is 27.0 Å². The molecule has 2 fully saturated rings. The molecule has 1 aliphatic carbocycles. The first-order valence-electron chi connectivity index (χ1n) is 10.3. The standard InChI is InChI=1S/C25H22Cl2N2O2/c1-17-4-2-5-18(16-17)25(31)24(14-3-15-24)28(21-10-6-19(26)7-11-21)23(30)29(25)22-12-8-20(27)9-13-22/h2,4-13,16,31H,3,14-15H2,1H3. The number of aryl methyl sites for hydroxylation is 1. The zero-order chi connectivity index (χ0) is 21.8. The molecule has 5 rings (SSSR count). The summed E-state index contributed by atoms with van der Waals surface area (Å²) in [6.45, 7) is 1.99. The fourth-order valence-electron chi connectivity index (χ4n) is 4.96. The number of rotatable bonds is 3. The molecule has 1 saturated carbocycles. The summed E-state index contributed by atoms with van der Waals surface area (Å²) >= 11 is 12.2. The van der Waals surface area contributed by atoms with E-state index in [0.29, 0.717) is 34.1 Å². The molecule has 4 nitrogen and oxygen atoms in total. The van der Waals surface area contributed by atoms with Crippen LogP contribution in [0.1, 0.15) is 30.4 Å². The number of aliphatic hydroxyl groups is 1. The van der Waals surface area contributed by atoms with Crippen molar-refractivity contribution in [3.8, 4) is 0 Å². The first-order chi connectivity index (χ1) is 14.9. The van der Waals surface area contributed by atoms with E-state index in [2.05, 4.69) is 0 Å². The summed E-state index contributed by atoms with van der Waals surface area (Å²) in [7, 11) is 0. The molecule has 2 aliphatic rings. The van der Waals surface area contributed by atoms with E-state index in [1.165, 1.54) is 4.90 Å². The SMILES string of the molecule is Cc1cccc(C2(O)N(c3ccc(Cl)cc3)C(=O)N(c3ccc(Cl)cc3)C23CCC3)c1. The van der Waals surface area contributed by atoms with Crippen LogP contribution in [0.5, 0.6) is 0 Å². The van der Waals surface area contributed by atoms with Crippen molar-refractivity contribution in [2.75, 3.05) is 9.80 Å². The Balaban J connectivity index is 1.76. The minimum absolute atomic E-state index is 0.270. The number of halogens is 2. The van der Waals surface area contributed by atoms with Gasteiger partial charge in [-0.1, -0.05) is 53.0 Å². The number of carbonyl (C=O) groups is 1. The van der Waals surface area contributed by atoms with Gasteiger partial charge >= 0.3 is 6.03 Å². The second-order valence-electron chi connectivity index (χ2n) is 8.33. The lowest BCUT2D eigenvalue weighted by Gasteiger charge is -2.52. The first kappa shape index (κ1) is 20.4. The number of urea groups is 1. The van der Waals surface area contributed by atoms with Gasteiger partial charge in [0.1, 0.15) is 5.54 Å². The van der Waals surface area contributed by atoms with Crippen LogP contribution in [0.15, 0.2) is 72.8 Å². The molecule has 1 atom stereocenters. The summed E-state index contributed by atoms with van der Waals surface area (Å²) in [4.78, 5) is 17.3. The molecule has 2 amide bonds. The maximum absolute atomic E-state index is 14.0. The molecular weight excluding hydrogens is 431 g/mol. The topological polar surface area (TPSA) is 43.8 Å². The maximum Gasteiger partial charge on any atom is 0.332 e. The summed E-state index contributed by atoms with van der Waals surface area (Å²) in [5.41, 5.74) is 0.714. The summed E-state index contributed by atoms with van der Waals surface area (Å²) in [5.74, 6) is 0. The van der Waals surface area contributed by atoms with Gasteiger partial charge in [-0.05, 0) is 74.7 Å². The average molecular weight is 453 g/mol. The smallest absolute Gasteiger partial charge is 0.332 e. The van der Waals surface area contributed by atoms with E-state index in [9.17, 15) is 9.90 Å². The monoisotopic (exact) mass is 452 g/mol. The average Bonchev–Trinajstić information content (AvgIpc) is 2.94. The number of nitrogens with zero attached hydrogens (tertiary/aromatic N) is 2. The van der Waals surface area contributed by atoms with Crippen molar-refractivity contribution >= 4 is 40.6 Å². The van der Waals surface area contributed by atoms with Crippen LogP contribution in [0.3, 0.4) is 0 Å². The lowest BCUT2D eigenvalue weighted by molar-refractivity contribution is -0.0525. The Morgan fingerprint density at radius 3 is 1.87 bits per heavy atom. The molecule has 1 spiro atoms. The molecule has 3 aromatic carbocycles. The molecule has 3 aromatic rings. The van der Waals surface area contributed by atoms with Gasteiger partial charge in [-0.3, -0.25) is 9.80 Å². The van der Waals surface area contributed by atoms with Crippen LogP contribution >= 0.6 is 23.2 Å². The van der Waals surface area contributed by atoms with Crippen LogP contribution in [0, 0.1) is 6.92 Å². The Hall–Kier alpha value is -2.53. The quantitative estimate of drug-likeness (QED) is 0.491. The Kier molecular flexibility index (Phi) is 4.78. The molecule has 1 heterocycles. The summed E-state index contributed by atoms with van der Waals surface area (Å²) < 4.78 is 0. The van der Waals surface area contributed by atoms with Crippen LogP contribution in [0.2, 0.25) is 10.0 Å². The number of amides is 2. The van der Waals surface area contributed by atoms with Crippen molar-refractivity contribution in [3.05, 3.63) is 94.0 Å². The van der Waals surface area contributed by atoms with E-state index in [1.807, 2.05) is 43.3 Å². The van der Waals surface area contributed by atoms with Crippen molar-refractivity contribution in [1.82, 2.24) is 0 Å². The van der Waals surface area contributed by atoms with Gasteiger partial charge in [-0.25, -0.2) is 4.79 Å². The van der Waals surface area contributed by atoms with Crippen molar-refractivity contribution in [1.29, 1.82) is 0 Å². The first-order valence-corrected chi connectivity index (χ1v) is 11.1. The van der Waals surface area contributed by atoms with Crippen molar-refractivity contribution in [2.24, 2.45) is 0 Å².